The molecule has 21 heavy (non-hydrogen) atoms. The Kier molecular flexibility index (Phi) is 4.56. The molecule has 1 fully saturated rings. The molecule has 2 aromatic rings. The van der Waals surface area contributed by atoms with Gasteiger partial charge in [0, 0.05) is 25.7 Å². The lowest BCUT2D eigenvalue weighted by Crippen LogP contribution is -2.22. The Balaban J connectivity index is 1.91. The number of hydrogen-bond donors (Lipinski definition) is 1. The third-order valence-electron chi connectivity index (χ3n) is 3.78. The number of nitrogens with zero attached hydrogens (tertiary/aromatic N) is 2. The Hall–Kier alpha value is -1.39. The van der Waals surface area contributed by atoms with Crippen molar-refractivity contribution in [3.63, 3.8) is 0 Å². The maximum absolute atomic E-state index is 4.92. The molecule has 0 aliphatic carbocycles. The van der Waals surface area contributed by atoms with Gasteiger partial charge in [-0.1, -0.05) is 55.5 Å². The van der Waals surface area contributed by atoms with Crippen LogP contribution in [0, 0.1) is 0 Å². The molecule has 1 aromatic carbocycles. The van der Waals surface area contributed by atoms with Crippen LogP contribution in [0.25, 0.3) is 10.4 Å². The Labute approximate surface area is 131 Å². The van der Waals surface area contributed by atoms with Crippen LogP contribution in [0.1, 0.15) is 32.4 Å². The normalized spacial score (nSPS) is 15.1. The molecule has 0 saturated carbocycles. The van der Waals surface area contributed by atoms with Gasteiger partial charge >= 0.3 is 0 Å². The molecule has 1 saturated heterocycles. The largest absolute Gasteiger partial charge is 0.348 e. The van der Waals surface area contributed by atoms with Crippen molar-refractivity contribution in [2.45, 2.75) is 39.3 Å². The summed E-state index contributed by atoms with van der Waals surface area (Å²) in [4.78, 5) is 8.66. The monoisotopic (exact) mass is 301 g/mol. The van der Waals surface area contributed by atoms with Crippen LogP contribution < -0.4 is 10.2 Å². The minimum absolute atomic E-state index is 0.477. The maximum atomic E-state index is 4.92. The van der Waals surface area contributed by atoms with Crippen LogP contribution in [0.5, 0.6) is 0 Å². The summed E-state index contributed by atoms with van der Waals surface area (Å²) in [5, 5.41) is 4.69. The number of thiazole rings is 1. The first-order valence-corrected chi connectivity index (χ1v) is 8.59. The van der Waals surface area contributed by atoms with Gasteiger partial charge in [0.05, 0.1) is 10.6 Å². The fraction of sp³-hybridized carbons (Fsp3) is 0.471. The van der Waals surface area contributed by atoms with Gasteiger partial charge in [0.1, 0.15) is 0 Å². The standard InChI is InChI=1S/C17H23N3S/c1-13(2)18-12-15-16(14-8-4-3-5-9-14)21-17(19-15)20-10-6-7-11-20/h3-5,8-9,13,18H,6-7,10-12H2,1-2H3. The SMILES string of the molecule is CC(C)NCc1nc(N2CCCC2)sc1-c1ccccc1. The first-order chi connectivity index (χ1) is 10.2. The molecule has 4 heteroatoms. The average molecular weight is 301 g/mol. The van der Waals surface area contributed by atoms with Crippen molar-refractivity contribution < 1.29 is 0 Å². The Morgan fingerprint density at radius 2 is 1.90 bits per heavy atom. The van der Waals surface area contributed by atoms with Crippen LogP contribution >= 0.6 is 11.3 Å². The van der Waals surface area contributed by atoms with Crippen LogP contribution in [0.3, 0.4) is 0 Å². The van der Waals surface area contributed by atoms with Gasteiger partial charge in [0.2, 0.25) is 0 Å². The van der Waals surface area contributed by atoms with E-state index < -0.39 is 0 Å². The molecule has 3 nitrogen and oxygen atoms in total. The second-order valence-electron chi connectivity index (χ2n) is 5.87. The summed E-state index contributed by atoms with van der Waals surface area (Å²) in [6, 6.07) is 11.1. The highest BCUT2D eigenvalue weighted by Crippen LogP contribution is 2.36. The van der Waals surface area contributed by atoms with Gasteiger partial charge in [-0.2, -0.15) is 0 Å². The van der Waals surface area contributed by atoms with Crippen molar-refractivity contribution >= 4 is 16.5 Å². The van der Waals surface area contributed by atoms with E-state index >= 15 is 0 Å². The highest BCUT2D eigenvalue weighted by molar-refractivity contribution is 7.19. The van der Waals surface area contributed by atoms with E-state index in [9.17, 15) is 0 Å². The summed E-state index contributed by atoms with van der Waals surface area (Å²) in [7, 11) is 0. The van der Waals surface area contributed by atoms with Gasteiger partial charge < -0.3 is 10.2 Å². The Bertz CT molecular complexity index is 571. The Morgan fingerprint density at radius 1 is 1.19 bits per heavy atom. The van der Waals surface area contributed by atoms with Crippen LogP contribution in [0.2, 0.25) is 0 Å². The molecule has 1 aliphatic rings. The minimum Gasteiger partial charge on any atom is -0.348 e. The molecule has 1 N–H and O–H groups in total. The molecule has 0 unspecified atom stereocenters. The number of aromatic nitrogens is 1. The summed E-state index contributed by atoms with van der Waals surface area (Å²) in [5.74, 6) is 0. The number of hydrogen-bond acceptors (Lipinski definition) is 4. The van der Waals surface area contributed by atoms with Crippen LogP contribution in [-0.4, -0.2) is 24.1 Å². The van der Waals surface area contributed by atoms with Crippen molar-refractivity contribution in [1.82, 2.24) is 10.3 Å². The lowest BCUT2D eigenvalue weighted by atomic mass is 10.1. The third-order valence-corrected chi connectivity index (χ3v) is 4.98. The molecule has 0 radical (unpaired) electrons. The van der Waals surface area contributed by atoms with E-state index in [0.717, 1.165) is 19.6 Å². The fourth-order valence-corrected chi connectivity index (χ4v) is 3.76. The second-order valence-corrected chi connectivity index (χ2v) is 6.85. The Morgan fingerprint density at radius 3 is 2.57 bits per heavy atom. The van der Waals surface area contributed by atoms with E-state index in [1.54, 1.807) is 0 Å². The van der Waals surface area contributed by atoms with E-state index in [0.29, 0.717) is 6.04 Å². The summed E-state index contributed by atoms with van der Waals surface area (Å²) in [6.07, 6.45) is 2.58. The molecule has 1 aromatic heterocycles. The van der Waals surface area contributed by atoms with Crippen molar-refractivity contribution in [2.24, 2.45) is 0 Å². The minimum atomic E-state index is 0.477. The third kappa shape index (κ3) is 3.44. The zero-order chi connectivity index (χ0) is 14.7. The van der Waals surface area contributed by atoms with Crippen molar-refractivity contribution in [1.29, 1.82) is 0 Å². The molecule has 0 atom stereocenters. The summed E-state index contributed by atoms with van der Waals surface area (Å²) < 4.78 is 0. The first kappa shape index (κ1) is 14.5. The predicted octanol–water partition coefficient (Wildman–Crippen LogP) is 3.91. The predicted molar refractivity (Wildman–Crippen MR) is 91.0 cm³/mol. The summed E-state index contributed by atoms with van der Waals surface area (Å²) >= 11 is 1.84. The van der Waals surface area contributed by atoms with E-state index in [1.807, 2.05) is 11.3 Å². The van der Waals surface area contributed by atoms with E-state index in [1.165, 1.54) is 34.1 Å². The topological polar surface area (TPSA) is 28.2 Å². The number of benzene rings is 1. The first-order valence-electron chi connectivity index (χ1n) is 7.77. The van der Waals surface area contributed by atoms with E-state index in [2.05, 4.69) is 54.4 Å². The van der Waals surface area contributed by atoms with Crippen LogP contribution in [0.4, 0.5) is 5.13 Å². The fourth-order valence-electron chi connectivity index (χ4n) is 2.62. The van der Waals surface area contributed by atoms with Gasteiger partial charge in [-0.05, 0) is 18.4 Å². The van der Waals surface area contributed by atoms with Crippen LogP contribution in [-0.2, 0) is 6.54 Å². The zero-order valence-electron chi connectivity index (χ0n) is 12.8. The molecule has 0 amide bonds. The van der Waals surface area contributed by atoms with Crippen LogP contribution in [0.15, 0.2) is 30.3 Å². The number of rotatable bonds is 5. The molecule has 2 heterocycles. The zero-order valence-corrected chi connectivity index (χ0v) is 13.6. The van der Waals surface area contributed by atoms with Gasteiger partial charge in [-0.25, -0.2) is 4.98 Å². The lowest BCUT2D eigenvalue weighted by Gasteiger charge is -2.12. The number of nitrogens with one attached hydrogen (secondary N) is 1. The van der Waals surface area contributed by atoms with E-state index in [4.69, 9.17) is 4.98 Å². The molecule has 1 aliphatic heterocycles. The maximum Gasteiger partial charge on any atom is 0.186 e. The molecule has 0 spiro atoms. The molecular weight excluding hydrogens is 278 g/mol. The summed E-state index contributed by atoms with van der Waals surface area (Å²) in [6.45, 7) is 7.50. The molecule has 0 bridgehead atoms. The second kappa shape index (κ2) is 6.58. The average Bonchev–Trinajstić information content (AvgIpc) is 3.15. The van der Waals surface area contributed by atoms with Crippen molar-refractivity contribution in [3.05, 3.63) is 36.0 Å². The molecule has 112 valence electrons. The lowest BCUT2D eigenvalue weighted by molar-refractivity contribution is 0.583. The highest BCUT2D eigenvalue weighted by atomic mass is 32.1. The summed E-state index contributed by atoms with van der Waals surface area (Å²) in [5.41, 5.74) is 2.46. The van der Waals surface area contributed by atoms with Gasteiger partial charge in [-0.3, -0.25) is 0 Å². The van der Waals surface area contributed by atoms with E-state index in [-0.39, 0.29) is 0 Å². The van der Waals surface area contributed by atoms with Gasteiger partial charge in [0.15, 0.2) is 5.13 Å². The van der Waals surface area contributed by atoms with Crippen molar-refractivity contribution in [2.75, 3.05) is 18.0 Å². The van der Waals surface area contributed by atoms with Crippen molar-refractivity contribution in [3.8, 4) is 10.4 Å². The van der Waals surface area contributed by atoms with Gasteiger partial charge in [0.25, 0.3) is 0 Å². The highest BCUT2D eigenvalue weighted by Gasteiger charge is 2.19. The molecular formula is C17H23N3S. The number of anilines is 1. The van der Waals surface area contributed by atoms with Gasteiger partial charge in [-0.15, -0.1) is 0 Å². The quantitative estimate of drug-likeness (QED) is 0.907. The smallest absolute Gasteiger partial charge is 0.186 e. The molecule has 3 rings (SSSR count).